The van der Waals surface area contributed by atoms with E-state index < -0.39 is 12.3 Å². The fourth-order valence-corrected chi connectivity index (χ4v) is 1.33. The summed E-state index contributed by atoms with van der Waals surface area (Å²) in [5, 5.41) is 8.86. The van der Waals surface area contributed by atoms with Crippen LogP contribution >= 0.6 is 0 Å². The first-order chi connectivity index (χ1) is 5.75. The Bertz CT molecular complexity index is 130. The highest BCUT2D eigenvalue weighted by Crippen LogP contribution is 2.30. The molecule has 0 spiro atoms. The van der Waals surface area contributed by atoms with Gasteiger partial charge in [-0.1, -0.05) is 13.3 Å². The minimum atomic E-state index is -1.05. The van der Waals surface area contributed by atoms with E-state index in [9.17, 15) is 4.39 Å². The Morgan fingerprint density at radius 2 is 2.33 bits per heavy atom. The highest BCUT2D eigenvalue weighted by Gasteiger charge is 2.40. The first kappa shape index (κ1) is 9.93. The normalized spacial score (nSPS) is 34.8. The molecule has 1 N–H and O–H groups in total. The lowest BCUT2D eigenvalue weighted by atomic mass is 9.81. The summed E-state index contributed by atoms with van der Waals surface area (Å²) in [6, 6.07) is 0. The van der Waals surface area contributed by atoms with Crippen LogP contribution in [0.3, 0.4) is 0 Å². The van der Waals surface area contributed by atoms with E-state index in [4.69, 9.17) is 9.84 Å². The Morgan fingerprint density at radius 3 is 2.83 bits per heavy atom. The van der Waals surface area contributed by atoms with Crippen molar-refractivity contribution in [3.05, 3.63) is 0 Å². The Morgan fingerprint density at radius 1 is 1.58 bits per heavy atom. The van der Waals surface area contributed by atoms with Gasteiger partial charge in [-0.25, -0.2) is 4.39 Å². The molecule has 1 saturated carbocycles. The lowest BCUT2D eigenvalue weighted by Crippen LogP contribution is -2.45. The molecule has 3 atom stereocenters. The van der Waals surface area contributed by atoms with Crippen LogP contribution in [0, 0.1) is 5.92 Å². The third kappa shape index (κ3) is 2.42. The number of rotatable bonds is 5. The number of halogens is 1. The summed E-state index contributed by atoms with van der Waals surface area (Å²) in [6.45, 7) is 3.28. The molecule has 0 saturated heterocycles. The maximum atomic E-state index is 12.8. The molecule has 1 aliphatic rings. The van der Waals surface area contributed by atoms with Crippen molar-refractivity contribution < 1.29 is 14.2 Å². The maximum absolute atomic E-state index is 12.8. The van der Waals surface area contributed by atoms with Gasteiger partial charge < -0.3 is 9.84 Å². The van der Waals surface area contributed by atoms with Crippen LogP contribution in [0.15, 0.2) is 0 Å². The van der Waals surface area contributed by atoms with Crippen molar-refractivity contribution in [1.29, 1.82) is 0 Å². The molecule has 3 heteroatoms. The van der Waals surface area contributed by atoms with E-state index in [1.165, 1.54) is 0 Å². The van der Waals surface area contributed by atoms with Gasteiger partial charge in [0.05, 0.1) is 12.7 Å². The highest BCUT2D eigenvalue weighted by molar-refractivity contribution is 4.89. The number of ether oxygens (including phenoxy) is 1. The minimum Gasteiger partial charge on any atom is -0.390 e. The molecule has 0 aromatic rings. The molecule has 12 heavy (non-hydrogen) atoms. The summed E-state index contributed by atoms with van der Waals surface area (Å²) in [6.07, 6.45) is 0.919. The summed E-state index contributed by atoms with van der Waals surface area (Å²) >= 11 is 0. The van der Waals surface area contributed by atoms with Crippen LogP contribution in [0.1, 0.15) is 26.2 Å². The van der Waals surface area contributed by atoms with E-state index in [1.807, 2.05) is 0 Å². The highest BCUT2D eigenvalue weighted by atomic mass is 19.1. The number of aliphatic hydroxyl groups excluding tert-OH is 1. The van der Waals surface area contributed by atoms with E-state index >= 15 is 0 Å². The fourth-order valence-electron chi connectivity index (χ4n) is 1.33. The number of unbranched alkanes of at least 4 members (excludes halogenated alkanes) is 1. The first-order valence-electron chi connectivity index (χ1n) is 4.65. The van der Waals surface area contributed by atoms with Gasteiger partial charge in [-0.15, -0.1) is 0 Å². The molecule has 2 nitrogen and oxygen atoms in total. The molecule has 0 aromatic carbocycles. The van der Waals surface area contributed by atoms with Crippen molar-refractivity contribution in [2.24, 2.45) is 5.92 Å². The summed E-state index contributed by atoms with van der Waals surface area (Å²) in [7, 11) is 0. The second-order valence-electron chi connectivity index (χ2n) is 3.44. The van der Waals surface area contributed by atoms with Crippen LogP contribution in [0.4, 0.5) is 4.39 Å². The molecular formula is C9H17FO2. The van der Waals surface area contributed by atoms with Crippen LogP contribution in [0.2, 0.25) is 0 Å². The van der Waals surface area contributed by atoms with Crippen LogP contribution in [-0.2, 0) is 4.74 Å². The summed E-state index contributed by atoms with van der Waals surface area (Å²) in [4.78, 5) is 0. The summed E-state index contributed by atoms with van der Waals surface area (Å²) in [5.74, 6) is -0.0585. The van der Waals surface area contributed by atoms with Crippen LogP contribution in [0.25, 0.3) is 0 Å². The molecule has 0 unspecified atom stereocenters. The lowest BCUT2D eigenvalue weighted by molar-refractivity contribution is -0.0848. The van der Waals surface area contributed by atoms with E-state index in [0.717, 1.165) is 19.4 Å². The summed E-state index contributed by atoms with van der Waals surface area (Å²) < 4.78 is 18.0. The smallest absolute Gasteiger partial charge is 0.131 e. The predicted molar refractivity (Wildman–Crippen MR) is 44.7 cm³/mol. The summed E-state index contributed by atoms with van der Waals surface area (Å²) in [5.41, 5.74) is 0. The van der Waals surface area contributed by atoms with E-state index in [2.05, 4.69) is 6.92 Å². The van der Waals surface area contributed by atoms with Crippen molar-refractivity contribution in [2.45, 2.75) is 38.5 Å². The molecular weight excluding hydrogens is 159 g/mol. The van der Waals surface area contributed by atoms with Gasteiger partial charge in [-0.05, 0) is 12.8 Å². The third-order valence-electron chi connectivity index (χ3n) is 2.34. The Kier molecular flexibility index (Phi) is 3.95. The molecule has 0 bridgehead atoms. The Balaban J connectivity index is 1.95. The molecule has 0 heterocycles. The maximum Gasteiger partial charge on any atom is 0.131 e. The minimum absolute atomic E-state index is 0.0585. The molecule has 0 amide bonds. The van der Waals surface area contributed by atoms with Gasteiger partial charge >= 0.3 is 0 Å². The molecule has 0 radical (unpaired) electrons. The fraction of sp³-hybridized carbons (Fsp3) is 1.00. The molecule has 1 fully saturated rings. The van der Waals surface area contributed by atoms with Crippen LogP contribution in [-0.4, -0.2) is 30.6 Å². The zero-order valence-electron chi connectivity index (χ0n) is 7.50. The van der Waals surface area contributed by atoms with Gasteiger partial charge in [0.1, 0.15) is 6.17 Å². The van der Waals surface area contributed by atoms with Gasteiger partial charge in [0.2, 0.25) is 0 Å². The Labute approximate surface area is 72.7 Å². The SMILES string of the molecule is CCCCOC[C@@H]1C[C@H](O)[C@@H]1F. The van der Waals surface area contributed by atoms with Crippen LogP contribution < -0.4 is 0 Å². The molecule has 72 valence electrons. The average Bonchev–Trinajstić information content (AvgIpc) is 2.10. The quantitative estimate of drug-likeness (QED) is 0.643. The van der Waals surface area contributed by atoms with Crippen molar-refractivity contribution in [1.82, 2.24) is 0 Å². The zero-order chi connectivity index (χ0) is 8.97. The van der Waals surface area contributed by atoms with Crippen molar-refractivity contribution in [2.75, 3.05) is 13.2 Å². The Hall–Kier alpha value is -0.150. The van der Waals surface area contributed by atoms with Gasteiger partial charge in [0.15, 0.2) is 0 Å². The molecule has 0 aliphatic heterocycles. The predicted octanol–water partition coefficient (Wildman–Crippen LogP) is 1.52. The van der Waals surface area contributed by atoms with E-state index in [0.29, 0.717) is 13.0 Å². The zero-order valence-corrected chi connectivity index (χ0v) is 7.50. The second-order valence-corrected chi connectivity index (χ2v) is 3.44. The van der Waals surface area contributed by atoms with Gasteiger partial charge in [-0.3, -0.25) is 0 Å². The van der Waals surface area contributed by atoms with Crippen molar-refractivity contribution in [3.8, 4) is 0 Å². The van der Waals surface area contributed by atoms with E-state index in [-0.39, 0.29) is 5.92 Å². The average molecular weight is 176 g/mol. The number of aliphatic hydroxyl groups is 1. The number of alkyl halides is 1. The largest absolute Gasteiger partial charge is 0.390 e. The van der Waals surface area contributed by atoms with Gasteiger partial charge in [0.25, 0.3) is 0 Å². The first-order valence-corrected chi connectivity index (χ1v) is 4.65. The second kappa shape index (κ2) is 4.77. The number of hydrogen-bond donors (Lipinski definition) is 1. The lowest BCUT2D eigenvalue weighted by Gasteiger charge is -2.35. The molecule has 1 rings (SSSR count). The number of hydrogen-bond acceptors (Lipinski definition) is 2. The molecule has 0 aromatic heterocycles. The topological polar surface area (TPSA) is 29.5 Å². The standard InChI is InChI=1S/C9H17FO2/c1-2-3-4-12-6-7-5-8(11)9(7)10/h7-9,11H,2-6H2,1H3/t7-,8-,9+/m0/s1. The van der Waals surface area contributed by atoms with E-state index in [1.54, 1.807) is 0 Å². The van der Waals surface area contributed by atoms with Crippen molar-refractivity contribution in [3.63, 3.8) is 0 Å². The van der Waals surface area contributed by atoms with Crippen molar-refractivity contribution >= 4 is 0 Å². The van der Waals surface area contributed by atoms with Crippen LogP contribution in [0.5, 0.6) is 0 Å². The van der Waals surface area contributed by atoms with Gasteiger partial charge in [0, 0.05) is 12.5 Å². The monoisotopic (exact) mass is 176 g/mol. The third-order valence-corrected chi connectivity index (χ3v) is 2.34. The molecule has 1 aliphatic carbocycles. The van der Waals surface area contributed by atoms with Gasteiger partial charge in [-0.2, -0.15) is 0 Å².